The number of rotatable bonds is 4. The topological polar surface area (TPSA) is 53.5 Å². The number of likely N-dealkylation sites (tertiary alicyclic amines) is 1. The second kappa shape index (κ2) is 6.47. The summed E-state index contributed by atoms with van der Waals surface area (Å²) in [6.45, 7) is 2.13. The zero-order chi connectivity index (χ0) is 14.7. The summed E-state index contributed by atoms with van der Waals surface area (Å²) in [5, 5.41) is 0.106. The molecule has 1 unspecified atom stereocenters. The molecule has 2 saturated heterocycles. The van der Waals surface area contributed by atoms with E-state index in [0.29, 0.717) is 13.0 Å². The quantitative estimate of drug-likeness (QED) is 0.856. The van der Waals surface area contributed by atoms with Crippen LogP contribution in [0.5, 0.6) is 0 Å². The Morgan fingerprint density at radius 1 is 1.33 bits per heavy atom. The lowest BCUT2D eigenvalue weighted by molar-refractivity contribution is -0.132. The van der Waals surface area contributed by atoms with Gasteiger partial charge in [0, 0.05) is 44.2 Å². The Kier molecular flexibility index (Phi) is 4.43. The van der Waals surface area contributed by atoms with Crippen LogP contribution in [0.1, 0.15) is 30.9 Å². The number of aromatic nitrogens is 1. The van der Waals surface area contributed by atoms with Crippen molar-refractivity contribution in [3.63, 3.8) is 0 Å². The summed E-state index contributed by atoms with van der Waals surface area (Å²) in [5.74, 6) is 0.995. The highest BCUT2D eigenvalue weighted by molar-refractivity contribution is 8.13. The van der Waals surface area contributed by atoms with Crippen LogP contribution in [0, 0.1) is 0 Å². The van der Waals surface area contributed by atoms with Gasteiger partial charge in [-0.2, -0.15) is 0 Å². The molecule has 0 bridgehead atoms. The number of pyridine rings is 1. The first kappa shape index (κ1) is 14.4. The van der Waals surface area contributed by atoms with E-state index in [1.165, 1.54) is 11.8 Å². The SMILES string of the molecule is O=C1SCCN1CCC(=O)N1CCCC1c1ccncc1. The standard InChI is InChI=1S/C15H19N3O2S/c19-14(5-9-17-10-11-21-15(17)20)18-8-1-2-13(18)12-3-6-16-7-4-12/h3-4,6-7,13H,1-2,5,8-11H2. The van der Waals surface area contributed by atoms with Crippen molar-refractivity contribution in [2.75, 3.05) is 25.4 Å². The van der Waals surface area contributed by atoms with Crippen LogP contribution >= 0.6 is 11.8 Å². The lowest BCUT2D eigenvalue weighted by atomic mass is 10.1. The van der Waals surface area contributed by atoms with Crippen molar-refractivity contribution >= 4 is 22.9 Å². The molecular weight excluding hydrogens is 286 g/mol. The maximum atomic E-state index is 12.5. The maximum Gasteiger partial charge on any atom is 0.281 e. The van der Waals surface area contributed by atoms with Gasteiger partial charge >= 0.3 is 0 Å². The molecule has 21 heavy (non-hydrogen) atoms. The van der Waals surface area contributed by atoms with Gasteiger partial charge < -0.3 is 9.80 Å². The second-order valence-electron chi connectivity index (χ2n) is 5.38. The van der Waals surface area contributed by atoms with E-state index in [1.54, 1.807) is 17.3 Å². The van der Waals surface area contributed by atoms with Crippen LogP contribution in [-0.2, 0) is 4.79 Å². The number of hydrogen-bond acceptors (Lipinski definition) is 4. The molecule has 3 rings (SSSR count). The minimum atomic E-state index is 0.106. The zero-order valence-electron chi connectivity index (χ0n) is 11.9. The van der Waals surface area contributed by atoms with Crippen molar-refractivity contribution < 1.29 is 9.59 Å². The van der Waals surface area contributed by atoms with Gasteiger partial charge in [0.05, 0.1) is 6.04 Å². The summed E-state index contributed by atoms with van der Waals surface area (Å²) < 4.78 is 0. The third kappa shape index (κ3) is 3.20. The monoisotopic (exact) mass is 305 g/mol. The fourth-order valence-electron chi connectivity index (χ4n) is 3.00. The van der Waals surface area contributed by atoms with E-state index >= 15 is 0 Å². The number of nitrogens with zero attached hydrogens (tertiary/aromatic N) is 3. The highest BCUT2D eigenvalue weighted by atomic mass is 32.2. The van der Waals surface area contributed by atoms with Gasteiger partial charge in [-0.3, -0.25) is 14.6 Å². The highest BCUT2D eigenvalue weighted by Crippen LogP contribution is 2.32. The molecule has 1 atom stereocenters. The molecular formula is C15H19N3O2S. The summed E-state index contributed by atoms with van der Waals surface area (Å²) in [6.07, 6.45) is 6.02. The molecule has 2 aliphatic heterocycles. The van der Waals surface area contributed by atoms with Crippen molar-refractivity contribution in [1.82, 2.24) is 14.8 Å². The first-order valence-corrected chi connectivity index (χ1v) is 8.35. The lowest BCUT2D eigenvalue weighted by Crippen LogP contribution is -2.34. The molecule has 3 heterocycles. The predicted octanol–water partition coefficient (Wildman–Crippen LogP) is 2.30. The molecule has 0 N–H and O–H groups in total. The zero-order valence-corrected chi connectivity index (χ0v) is 12.7. The van der Waals surface area contributed by atoms with Crippen LogP contribution in [0.3, 0.4) is 0 Å². The Labute approximate surface area is 128 Å². The molecule has 6 heteroatoms. The average molecular weight is 305 g/mol. The average Bonchev–Trinajstić information content (AvgIpc) is 3.15. The van der Waals surface area contributed by atoms with E-state index in [4.69, 9.17) is 0 Å². The maximum absolute atomic E-state index is 12.5. The summed E-state index contributed by atoms with van der Waals surface area (Å²) in [5.41, 5.74) is 1.16. The van der Waals surface area contributed by atoms with Crippen LogP contribution in [0.25, 0.3) is 0 Å². The Bertz CT molecular complexity index is 523. The Hall–Kier alpha value is -1.56. The van der Waals surface area contributed by atoms with Crippen molar-refractivity contribution in [1.29, 1.82) is 0 Å². The third-order valence-corrected chi connectivity index (χ3v) is 5.00. The molecule has 5 nitrogen and oxygen atoms in total. The smallest absolute Gasteiger partial charge is 0.281 e. The van der Waals surface area contributed by atoms with Crippen LogP contribution in [0.15, 0.2) is 24.5 Å². The van der Waals surface area contributed by atoms with Crippen LogP contribution in [0.2, 0.25) is 0 Å². The number of amides is 2. The van der Waals surface area contributed by atoms with E-state index in [1.807, 2.05) is 17.0 Å². The van der Waals surface area contributed by atoms with Gasteiger partial charge in [0.2, 0.25) is 5.91 Å². The van der Waals surface area contributed by atoms with Gasteiger partial charge in [0.15, 0.2) is 0 Å². The Morgan fingerprint density at radius 2 is 2.14 bits per heavy atom. The van der Waals surface area contributed by atoms with Crippen LogP contribution in [0.4, 0.5) is 4.79 Å². The number of thioether (sulfide) groups is 1. The number of carbonyl (C=O) groups excluding carboxylic acids is 2. The summed E-state index contributed by atoms with van der Waals surface area (Å²) in [6, 6.07) is 4.14. The Morgan fingerprint density at radius 3 is 2.86 bits per heavy atom. The van der Waals surface area contributed by atoms with E-state index < -0.39 is 0 Å². The lowest BCUT2D eigenvalue weighted by Gasteiger charge is -2.26. The van der Waals surface area contributed by atoms with Gasteiger partial charge in [-0.15, -0.1) is 0 Å². The minimum Gasteiger partial charge on any atom is -0.336 e. The normalized spacial score (nSPS) is 22.1. The molecule has 2 amide bonds. The molecule has 0 aliphatic carbocycles. The van der Waals surface area contributed by atoms with E-state index in [2.05, 4.69) is 4.98 Å². The third-order valence-electron chi connectivity index (χ3n) is 4.10. The van der Waals surface area contributed by atoms with Crippen molar-refractivity contribution in [2.24, 2.45) is 0 Å². The molecule has 112 valence electrons. The predicted molar refractivity (Wildman–Crippen MR) is 82.0 cm³/mol. The van der Waals surface area contributed by atoms with E-state index in [9.17, 15) is 9.59 Å². The van der Waals surface area contributed by atoms with E-state index in [-0.39, 0.29) is 17.2 Å². The molecule has 0 radical (unpaired) electrons. The summed E-state index contributed by atoms with van der Waals surface area (Å²) in [7, 11) is 0. The number of carbonyl (C=O) groups is 2. The molecule has 1 aromatic rings. The molecule has 2 aliphatic rings. The summed E-state index contributed by atoms with van der Waals surface area (Å²) >= 11 is 1.34. The first-order chi connectivity index (χ1) is 10.3. The van der Waals surface area contributed by atoms with Gasteiger partial charge in [-0.1, -0.05) is 11.8 Å². The fourth-order valence-corrected chi connectivity index (χ4v) is 3.85. The molecule has 1 aromatic heterocycles. The van der Waals surface area contributed by atoms with Crippen LogP contribution < -0.4 is 0 Å². The van der Waals surface area contributed by atoms with Gasteiger partial charge in [0.1, 0.15) is 0 Å². The van der Waals surface area contributed by atoms with Crippen molar-refractivity contribution in [3.05, 3.63) is 30.1 Å². The molecule has 2 fully saturated rings. The van der Waals surface area contributed by atoms with Gasteiger partial charge in [-0.05, 0) is 30.5 Å². The van der Waals surface area contributed by atoms with Crippen LogP contribution in [-0.4, -0.2) is 51.3 Å². The highest BCUT2D eigenvalue weighted by Gasteiger charge is 2.30. The largest absolute Gasteiger partial charge is 0.336 e. The number of hydrogen-bond donors (Lipinski definition) is 0. The van der Waals surface area contributed by atoms with Crippen molar-refractivity contribution in [3.8, 4) is 0 Å². The Balaban J connectivity index is 1.59. The fraction of sp³-hybridized carbons (Fsp3) is 0.533. The van der Waals surface area contributed by atoms with E-state index in [0.717, 1.165) is 37.2 Å². The molecule has 0 spiro atoms. The minimum absolute atomic E-state index is 0.106. The molecule has 0 aromatic carbocycles. The van der Waals surface area contributed by atoms with Gasteiger partial charge in [-0.25, -0.2) is 0 Å². The second-order valence-corrected chi connectivity index (χ2v) is 6.42. The molecule has 0 saturated carbocycles. The van der Waals surface area contributed by atoms with Gasteiger partial charge in [0.25, 0.3) is 5.24 Å². The summed E-state index contributed by atoms with van der Waals surface area (Å²) in [4.78, 5) is 31.8. The van der Waals surface area contributed by atoms with Crippen molar-refractivity contribution in [2.45, 2.75) is 25.3 Å². The first-order valence-electron chi connectivity index (χ1n) is 7.37.